The Morgan fingerprint density at radius 3 is 2.29 bits per heavy atom. The van der Waals surface area contributed by atoms with E-state index in [0.29, 0.717) is 22.6 Å². The summed E-state index contributed by atoms with van der Waals surface area (Å²) in [7, 11) is 1.54. The Kier molecular flexibility index (Phi) is 8.21. The lowest BCUT2D eigenvalue weighted by atomic mass is 9.91. The van der Waals surface area contributed by atoms with E-state index in [4.69, 9.17) is 18.9 Å². The van der Waals surface area contributed by atoms with Gasteiger partial charge < -0.3 is 34.5 Å². The Balaban J connectivity index is 1.80. The number of carbonyl (C=O) groups is 3. The lowest BCUT2D eigenvalue weighted by Crippen LogP contribution is -2.57. The van der Waals surface area contributed by atoms with Gasteiger partial charge in [-0.15, -0.1) is 0 Å². The highest BCUT2D eigenvalue weighted by atomic mass is 16.6. The summed E-state index contributed by atoms with van der Waals surface area (Å²) >= 11 is 0. The van der Waals surface area contributed by atoms with Crippen molar-refractivity contribution in [2.75, 3.05) is 13.7 Å². The first-order valence-corrected chi connectivity index (χ1v) is 10.6. The standard InChI is InChI=1S/C24H27NO9/c1-13(26)31-12-19-23(32-14(2)27)21(29)20(28)22(34-19)16-5-4-6-18(11-16)33-17-9-7-15(8-10-17)24(30)25-3/h4-11,19-23,28-29H,12H2,1-3H3,(H,25,30)/t19-,20+,21-,22?,23-/m1/s1. The summed E-state index contributed by atoms with van der Waals surface area (Å²) in [6.07, 6.45) is -6.15. The Morgan fingerprint density at radius 1 is 0.971 bits per heavy atom. The average molecular weight is 473 g/mol. The first-order valence-electron chi connectivity index (χ1n) is 10.6. The van der Waals surface area contributed by atoms with E-state index in [1.165, 1.54) is 6.92 Å². The van der Waals surface area contributed by atoms with Crippen molar-refractivity contribution in [1.29, 1.82) is 0 Å². The largest absolute Gasteiger partial charge is 0.463 e. The first-order chi connectivity index (χ1) is 16.2. The molecule has 10 heteroatoms. The summed E-state index contributed by atoms with van der Waals surface area (Å²) < 4.78 is 21.9. The number of amides is 1. The molecule has 0 spiro atoms. The van der Waals surface area contributed by atoms with Crippen LogP contribution in [0.2, 0.25) is 0 Å². The van der Waals surface area contributed by atoms with E-state index in [0.717, 1.165) is 6.92 Å². The van der Waals surface area contributed by atoms with E-state index in [1.54, 1.807) is 55.6 Å². The van der Waals surface area contributed by atoms with Gasteiger partial charge in [0.1, 0.15) is 42.5 Å². The van der Waals surface area contributed by atoms with E-state index in [9.17, 15) is 24.6 Å². The minimum atomic E-state index is -1.48. The summed E-state index contributed by atoms with van der Waals surface area (Å²) in [4.78, 5) is 34.4. The average Bonchev–Trinajstić information content (AvgIpc) is 2.81. The van der Waals surface area contributed by atoms with Gasteiger partial charge in [0.25, 0.3) is 5.91 Å². The maximum Gasteiger partial charge on any atom is 0.303 e. The number of hydrogen-bond acceptors (Lipinski definition) is 9. The molecule has 0 aromatic heterocycles. The van der Waals surface area contributed by atoms with Crippen LogP contribution in [0.25, 0.3) is 0 Å². The van der Waals surface area contributed by atoms with Crippen molar-refractivity contribution >= 4 is 17.8 Å². The van der Waals surface area contributed by atoms with Crippen molar-refractivity contribution in [2.45, 2.75) is 44.4 Å². The number of aliphatic hydroxyl groups excluding tert-OH is 2. The number of benzene rings is 2. The SMILES string of the molecule is CNC(=O)c1ccc(Oc2cccc(C3O[C@H](COC(C)=O)[C@@H](OC(C)=O)[C@H](O)[C@@H]3O)c2)cc1. The van der Waals surface area contributed by atoms with Crippen LogP contribution in [0.5, 0.6) is 11.5 Å². The topological polar surface area (TPSA) is 141 Å². The summed E-state index contributed by atoms with van der Waals surface area (Å²) in [5, 5.41) is 23.9. The van der Waals surface area contributed by atoms with Crippen LogP contribution in [0, 0.1) is 0 Å². The van der Waals surface area contributed by atoms with Crippen LogP contribution in [0.3, 0.4) is 0 Å². The maximum atomic E-state index is 11.7. The normalized spacial score (nSPS) is 24.1. The van der Waals surface area contributed by atoms with Crippen molar-refractivity contribution in [2.24, 2.45) is 0 Å². The van der Waals surface area contributed by atoms with Gasteiger partial charge in [0.15, 0.2) is 6.10 Å². The van der Waals surface area contributed by atoms with Gasteiger partial charge in [0.2, 0.25) is 0 Å². The molecule has 1 fully saturated rings. The molecule has 1 unspecified atom stereocenters. The molecule has 10 nitrogen and oxygen atoms in total. The van der Waals surface area contributed by atoms with E-state index < -0.39 is 42.5 Å². The fourth-order valence-corrected chi connectivity index (χ4v) is 3.60. The molecule has 1 aliphatic rings. The molecule has 2 aromatic carbocycles. The fourth-order valence-electron chi connectivity index (χ4n) is 3.60. The van der Waals surface area contributed by atoms with Gasteiger partial charge in [0.05, 0.1) is 0 Å². The van der Waals surface area contributed by atoms with Crippen LogP contribution >= 0.6 is 0 Å². The quantitative estimate of drug-likeness (QED) is 0.510. The van der Waals surface area contributed by atoms with Gasteiger partial charge in [-0.25, -0.2) is 0 Å². The number of hydrogen-bond donors (Lipinski definition) is 3. The van der Waals surface area contributed by atoms with E-state index in [1.807, 2.05) is 0 Å². The van der Waals surface area contributed by atoms with E-state index in [2.05, 4.69) is 5.32 Å². The van der Waals surface area contributed by atoms with Crippen LogP contribution in [0.1, 0.15) is 35.9 Å². The number of ether oxygens (including phenoxy) is 4. The van der Waals surface area contributed by atoms with E-state index >= 15 is 0 Å². The first kappa shape index (κ1) is 25.2. The van der Waals surface area contributed by atoms with Crippen molar-refractivity contribution in [3.8, 4) is 11.5 Å². The Bertz CT molecular complexity index is 1020. The monoisotopic (exact) mass is 473 g/mol. The van der Waals surface area contributed by atoms with Crippen LogP contribution in [0.4, 0.5) is 0 Å². The molecule has 3 rings (SSSR count). The van der Waals surface area contributed by atoms with Gasteiger partial charge in [-0.2, -0.15) is 0 Å². The van der Waals surface area contributed by atoms with Crippen LogP contribution < -0.4 is 10.1 Å². The molecular weight excluding hydrogens is 446 g/mol. The maximum absolute atomic E-state index is 11.7. The molecule has 1 aliphatic heterocycles. The molecule has 3 N–H and O–H groups in total. The van der Waals surface area contributed by atoms with Crippen molar-refractivity contribution in [3.63, 3.8) is 0 Å². The number of nitrogens with one attached hydrogen (secondary N) is 1. The van der Waals surface area contributed by atoms with Gasteiger partial charge in [-0.05, 0) is 42.0 Å². The van der Waals surface area contributed by atoms with Crippen molar-refractivity contribution < 1.29 is 43.5 Å². The molecular formula is C24H27NO9. The third-order valence-corrected chi connectivity index (χ3v) is 5.20. The smallest absolute Gasteiger partial charge is 0.303 e. The van der Waals surface area contributed by atoms with Gasteiger partial charge in [0, 0.05) is 26.5 Å². The molecule has 5 atom stereocenters. The second kappa shape index (κ2) is 11.1. The molecule has 34 heavy (non-hydrogen) atoms. The predicted molar refractivity (Wildman–Crippen MR) is 118 cm³/mol. The fraction of sp³-hybridized carbons (Fsp3) is 0.375. The molecule has 0 aliphatic carbocycles. The number of esters is 2. The highest BCUT2D eigenvalue weighted by Crippen LogP contribution is 2.36. The van der Waals surface area contributed by atoms with Gasteiger partial charge >= 0.3 is 11.9 Å². The molecule has 1 amide bonds. The third kappa shape index (κ3) is 6.10. The summed E-state index contributed by atoms with van der Waals surface area (Å²) in [6, 6.07) is 13.2. The molecule has 0 bridgehead atoms. The predicted octanol–water partition coefficient (Wildman–Crippen LogP) is 1.49. The lowest BCUT2D eigenvalue weighted by Gasteiger charge is -2.42. The van der Waals surface area contributed by atoms with Crippen molar-refractivity contribution in [3.05, 3.63) is 59.7 Å². The molecule has 2 aromatic rings. The summed E-state index contributed by atoms with van der Waals surface area (Å²) in [5.74, 6) is -0.554. The third-order valence-electron chi connectivity index (χ3n) is 5.20. The van der Waals surface area contributed by atoms with Gasteiger partial charge in [-0.3, -0.25) is 14.4 Å². The zero-order valence-electron chi connectivity index (χ0n) is 19.0. The Hall–Kier alpha value is -3.47. The summed E-state index contributed by atoms with van der Waals surface area (Å²) in [5.41, 5.74) is 0.970. The second-order valence-corrected chi connectivity index (χ2v) is 7.73. The lowest BCUT2D eigenvalue weighted by molar-refractivity contribution is -0.242. The summed E-state index contributed by atoms with van der Waals surface area (Å²) in [6.45, 7) is 2.10. The van der Waals surface area contributed by atoms with E-state index in [-0.39, 0.29) is 12.5 Å². The van der Waals surface area contributed by atoms with Crippen molar-refractivity contribution in [1.82, 2.24) is 5.32 Å². The molecule has 1 heterocycles. The zero-order valence-corrected chi connectivity index (χ0v) is 19.0. The number of aliphatic hydroxyl groups is 2. The minimum Gasteiger partial charge on any atom is -0.463 e. The molecule has 0 radical (unpaired) electrons. The second-order valence-electron chi connectivity index (χ2n) is 7.73. The Morgan fingerprint density at radius 2 is 1.68 bits per heavy atom. The number of carbonyl (C=O) groups excluding carboxylic acids is 3. The highest BCUT2D eigenvalue weighted by Gasteiger charge is 2.47. The van der Waals surface area contributed by atoms with Crippen LogP contribution in [-0.2, 0) is 23.8 Å². The molecule has 182 valence electrons. The number of rotatable bonds is 7. The van der Waals surface area contributed by atoms with Crippen LogP contribution in [0.15, 0.2) is 48.5 Å². The molecule has 0 saturated carbocycles. The Labute approximate surface area is 196 Å². The minimum absolute atomic E-state index is 0.217. The molecule has 1 saturated heterocycles. The van der Waals surface area contributed by atoms with Crippen LogP contribution in [-0.4, -0.2) is 66.1 Å². The van der Waals surface area contributed by atoms with Gasteiger partial charge in [-0.1, -0.05) is 12.1 Å². The zero-order chi connectivity index (χ0) is 24.8. The highest BCUT2D eigenvalue weighted by molar-refractivity contribution is 5.94.